The summed E-state index contributed by atoms with van der Waals surface area (Å²) in [5.74, 6) is -0.298. The van der Waals surface area contributed by atoms with Gasteiger partial charge in [-0.05, 0) is 17.4 Å². The van der Waals surface area contributed by atoms with E-state index in [2.05, 4.69) is 5.32 Å². The molecule has 0 aromatic carbocycles. The van der Waals surface area contributed by atoms with Crippen molar-refractivity contribution < 1.29 is 14.7 Å². The van der Waals surface area contributed by atoms with E-state index in [1.807, 2.05) is 24.6 Å². The van der Waals surface area contributed by atoms with Gasteiger partial charge >= 0.3 is 12.0 Å². The van der Waals surface area contributed by atoms with Crippen molar-refractivity contribution in [2.24, 2.45) is 5.92 Å². The van der Waals surface area contributed by atoms with Crippen LogP contribution in [0.4, 0.5) is 10.5 Å². The van der Waals surface area contributed by atoms with E-state index in [1.54, 1.807) is 6.07 Å². The molecule has 1 aliphatic heterocycles. The molecule has 2 rings (SSSR count). The number of anilines is 1. The quantitative estimate of drug-likeness (QED) is 0.900. The van der Waals surface area contributed by atoms with Crippen LogP contribution in [0, 0.1) is 5.92 Å². The Morgan fingerprint density at radius 3 is 2.79 bits per heavy atom. The molecule has 1 fully saturated rings. The summed E-state index contributed by atoms with van der Waals surface area (Å²) in [5.41, 5.74) is 0.707. The Labute approximate surface area is 120 Å². The molecule has 104 valence electrons. The fourth-order valence-electron chi connectivity index (χ4n) is 2.01. The summed E-state index contributed by atoms with van der Waals surface area (Å²) in [4.78, 5) is 25.0. The summed E-state index contributed by atoms with van der Waals surface area (Å²) < 4.78 is 0. The number of carboxylic acid groups (broad SMARTS) is 1. The van der Waals surface area contributed by atoms with Crippen molar-refractivity contribution in [3.63, 3.8) is 0 Å². The van der Waals surface area contributed by atoms with E-state index in [-0.39, 0.29) is 17.3 Å². The van der Waals surface area contributed by atoms with Gasteiger partial charge in [0.2, 0.25) is 0 Å². The molecule has 0 aliphatic carbocycles. The van der Waals surface area contributed by atoms with Gasteiger partial charge in [0.1, 0.15) is 6.04 Å². The molecule has 1 aliphatic rings. The molecular weight excluding hydrogens is 284 g/mol. The highest BCUT2D eigenvalue weighted by atomic mass is 32.2. The lowest BCUT2D eigenvalue weighted by atomic mass is 10.2. The predicted octanol–water partition coefficient (Wildman–Crippen LogP) is 2.76. The van der Waals surface area contributed by atoms with E-state index in [4.69, 9.17) is 0 Å². The summed E-state index contributed by atoms with van der Waals surface area (Å²) in [6, 6.07) is 0.705. The highest BCUT2D eigenvalue weighted by molar-refractivity contribution is 8.00. The number of nitrogens with one attached hydrogen (secondary N) is 1. The fraction of sp³-hybridized carbons (Fsp3) is 0.500. The Morgan fingerprint density at radius 1 is 1.53 bits per heavy atom. The van der Waals surface area contributed by atoms with Crippen LogP contribution in [0.2, 0.25) is 0 Å². The number of carbonyl (C=O) groups excluding carboxylic acids is 1. The molecule has 5 nitrogen and oxygen atoms in total. The van der Waals surface area contributed by atoms with Crippen molar-refractivity contribution in [1.82, 2.24) is 4.90 Å². The number of carbonyl (C=O) groups is 2. The number of thioether (sulfide) groups is 1. The number of nitrogens with zero attached hydrogens (tertiary/aromatic N) is 1. The number of amides is 2. The number of hydrogen-bond donors (Lipinski definition) is 2. The van der Waals surface area contributed by atoms with Gasteiger partial charge in [-0.1, -0.05) is 13.8 Å². The number of hydrogen-bond acceptors (Lipinski definition) is 4. The van der Waals surface area contributed by atoms with Crippen LogP contribution in [0.25, 0.3) is 0 Å². The zero-order valence-corrected chi connectivity index (χ0v) is 12.3. The molecule has 2 N–H and O–H groups in total. The summed E-state index contributed by atoms with van der Waals surface area (Å²) >= 11 is 3.01. The highest BCUT2D eigenvalue weighted by Gasteiger charge is 2.42. The Morgan fingerprint density at radius 2 is 2.26 bits per heavy atom. The molecule has 2 heterocycles. The molecule has 19 heavy (non-hydrogen) atoms. The Kier molecular flexibility index (Phi) is 4.36. The zero-order valence-electron chi connectivity index (χ0n) is 10.7. The third-order valence-corrected chi connectivity index (χ3v) is 5.20. The average molecular weight is 300 g/mol. The smallest absolute Gasteiger partial charge is 0.327 e. The van der Waals surface area contributed by atoms with Crippen LogP contribution in [0.5, 0.6) is 0 Å². The van der Waals surface area contributed by atoms with Gasteiger partial charge < -0.3 is 10.4 Å². The van der Waals surface area contributed by atoms with E-state index >= 15 is 0 Å². The van der Waals surface area contributed by atoms with Crippen LogP contribution in [0.3, 0.4) is 0 Å². The summed E-state index contributed by atoms with van der Waals surface area (Å²) in [5, 5.41) is 15.6. The Hall–Kier alpha value is -1.21. The lowest BCUT2D eigenvalue weighted by Crippen LogP contribution is -2.48. The maximum absolute atomic E-state index is 12.3. The van der Waals surface area contributed by atoms with Gasteiger partial charge in [0.15, 0.2) is 0 Å². The van der Waals surface area contributed by atoms with Gasteiger partial charge in [-0.15, -0.1) is 11.8 Å². The highest BCUT2D eigenvalue weighted by Crippen LogP contribution is 2.34. The molecule has 7 heteroatoms. The van der Waals surface area contributed by atoms with Gasteiger partial charge in [0.25, 0.3) is 0 Å². The van der Waals surface area contributed by atoms with Crippen molar-refractivity contribution in [2.45, 2.75) is 25.3 Å². The molecule has 1 saturated heterocycles. The van der Waals surface area contributed by atoms with Gasteiger partial charge in [0.05, 0.1) is 11.1 Å². The second kappa shape index (κ2) is 5.83. The van der Waals surface area contributed by atoms with Gasteiger partial charge in [-0.25, -0.2) is 9.59 Å². The zero-order chi connectivity index (χ0) is 14.0. The topological polar surface area (TPSA) is 69.6 Å². The monoisotopic (exact) mass is 300 g/mol. The minimum Gasteiger partial charge on any atom is -0.480 e. The number of urea groups is 1. The first-order valence-corrected chi connectivity index (χ1v) is 7.95. The van der Waals surface area contributed by atoms with Crippen molar-refractivity contribution in [2.75, 3.05) is 11.1 Å². The van der Waals surface area contributed by atoms with Crippen LogP contribution in [0.15, 0.2) is 16.8 Å². The molecule has 0 saturated carbocycles. The maximum Gasteiger partial charge on any atom is 0.327 e. The summed E-state index contributed by atoms with van der Waals surface area (Å²) in [6.07, 6.45) is 0. The second-order valence-electron chi connectivity index (χ2n) is 4.67. The van der Waals surface area contributed by atoms with Crippen LogP contribution in [-0.4, -0.2) is 39.2 Å². The van der Waals surface area contributed by atoms with E-state index in [1.165, 1.54) is 28.0 Å². The maximum atomic E-state index is 12.3. The minimum atomic E-state index is -0.948. The standard InChI is InChI=1S/C12H16N2O3S2/c1-7(2)10-14(9(6-19-10)11(15)16)12(17)13-8-3-4-18-5-8/h3-5,7,9-10H,6H2,1-2H3,(H,13,17)(H,15,16). The molecule has 2 unspecified atom stereocenters. The normalized spacial score (nSPS) is 22.8. The molecule has 2 atom stereocenters. The van der Waals surface area contributed by atoms with E-state index < -0.39 is 12.0 Å². The molecule has 0 spiro atoms. The molecule has 1 aromatic heterocycles. The number of carboxylic acids is 1. The lowest BCUT2D eigenvalue weighted by molar-refractivity contribution is -0.141. The second-order valence-corrected chi connectivity index (χ2v) is 6.60. The third kappa shape index (κ3) is 3.03. The van der Waals surface area contributed by atoms with E-state index in [0.29, 0.717) is 11.4 Å². The SMILES string of the molecule is CC(C)C1SCC(C(=O)O)N1C(=O)Nc1ccsc1. The third-order valence-electron chi connectivity index (χ3n) is 2.90. The van der Waals surface area contributed by atoms with Gasteiger partial charge in [-0.3, -0.25) is 4.90 Å². The van der Waals surface area contributed by atoms with Crippen LogP contribution < -0.4 is 5.32 Å². The predicted molar refractivity (Wildman–Crippen MR) is 77.7 cm³/mol. The Balaban J connectivity index is 2.16. The van der Waals surface area contributed by atoms with E-state index in [9.17, 15) is 14.7 Å². The van der Waals surface area contributed by atoms with Crippen molar-refractivity contribution >= 4 is 40.8 Å². The van der Waals surface area contributed by atoms with Crippen LogP contribution >= 0.6 is 23.1 Å². The van der Waals surface area contributed by atoms with E-state index in [0.717, 1.165) is 0 Å². The average Bonchev–Trinajstić information content (AvgIpc) is 2.95. The lowest BCUT2D eigenvalue weighted by Gasteiger charge is -2.29. The van der Waals surface area contributed by atoms with Crippen molar-refractivity contribution in [1.29, 1.82) is 0 Å². The van der Waals surface area contributed by atoms with Crippen molar-refractivity contribution in [3.8, 4) is 0 Å². The fourth-order valence-corrected chi connectivity index (χ4v) is 4.07. The molecule has 2 amide bonds. The summed E-state index contributed by atoms with van der Waals surface area (Å²) in [7, 11) is 0. The molecular formula is C12H16N2O3S2. The van der Waals surface area contributed by atoms with Gasteiger partial charge in [0, 0.05) is 11.1 Å². The minimum absolute atomic E-state index is 0.0975. The van der Waals surface area contributed by atoms with Crippen LogP contribution in [-0.2, 0) is 4.79 Å². The number of rotatable bonds is 3. The first-order chi connectivity index (χ1) is 9.00. The number of thiophene rings is 1. The number of aliphatic carboxylic acids is 1. The van der Waals surface area contributed by atoms with Crippen LogP contribution in [0.1, 0.15) is 13.8 Å². The first-order valence-electron chi connectivity index (χ1n) is 5.96. The molecule has 0 bridgehead atoms. The molecule has 0 radical (unpaired) electrons. The summed E-state index contributed by atoms with van der Waals surface area (Å²) in [6.45, 7) is 3.99. The largest absolute Gasteiger partial charge is 0.480 e. The Bertz CT molecular complexity index is 462. The first kappa shape index (κ1) is 14.2. The van der Waals surface area contributed by atoms with Gasteiger partial charge in [-0.2, -0.15) is 11.3 Å². The van der Waals surface area contributed by atoms with Crippen molar-refractivity contribution in [3.05, 3.63) is 16.8 Å². The molecule has 1 aromatic rings.